The average molecular weight is 286 g/mol. The van der Waals surface area contributed by atoms with Gasteiger partial charge in [-0.05, 0) is 58.3 Å². The summed E-state index contributed by atoms with van der Waals surface area (Å²) in [5.74, 6) is 0.359. The van der Waals surface area contributed by atoms with Gasteiger partial charge in [0.1, 0.15) is 0 Å². The van der Waals surface area contributed by atoms with E-state index in [9.17, 15) is 0 Å². The van der Waals surface area contributed by atoms with E-state index in [2.05, 4.69) is 39.9 Å². The molecule has 108 valence electrons. The monoisotopic (exact) mass is 285 g/mol. The van der Waals surface area contributed by atoms with E-state index in [4.69, 9.17) is 20.8 Å². The van der Waals surface area contributed by atoms with Crippen molar-refractivity contribution in [2.75, 3.05) is 6.54 Å². The lowest BCUT2D eigenvalue weighted by molar-refractivity contribution is -0.0778. The molecule has 0 amide bonds. The normalized spacial score (nSPS) is 26.5. The van der Waals surface area contributed by atoms with E-state index in [1.54, 1.807) is 6.26 Å². The molecular weight excluding hydrogens is 262 g/mol. The summed E-state index contributed by atoms with van der Waals surface area (Å²) in [5, 5.41) is 4.01. The van der Waals surface area contributed by atoms with Gasteiger partial charge in [0.05, 0.1) is 17.5 Å². The molecule has 4 heteroatoms. The average Bonchev–Trinajstić information content (AvgIpc) is 2.76. The Bertz CT molecular complexity index is 439. The zero-order valence-corrected chi connectivity index (χ0v) is 13.2. The van der Waals surface area contributed by atoms with Gasteiger partial charge in [-0.2, -0.15) is 0 Å². The number of halogens is 1. The molecular formula is C15H24ClNO2. The minimum absolute atomic E-state index is 0.0992. The summed E-state index contributed by atoms with van der Waals surface area (Å²) < 4.78 is 11.5. The highest BCUT2D eigenvalue weighted by Gasteiger charge is 2.49. The molecule has 1 aliphatic heterocycles. The van der Waals surface area contributed by atoms with Crippen molar-refractivity contribution in [1.82, 2.24) is 5.32 Å². The predicted molar refractivity (Wildman–Crippen MR) is 77.5 cm³/mol. The van der Waals surface area contributed by atoms with Gasteiger partial charge in [-0.1, -0.05) is 6.92 Å². The molecule has 2 unspecified atom stereocenters. The molecule has 1 N–H and O–H groups in total. The zero-order chi connectivity index (χ0) is 14.3. The highest BCUT2D eigenvalue weighted by atomic mass is 35.5. The van der Waals surface area contributed by atoms with Crippen LogP contribution in [0.25, 0.3) is 0 Å². The van der Waals surface area contributed by atoms with Crippen molar-refractivity contribution in [2.24, 2.45) is 5.92 Å². The molecule has 0 aliphatic carbocycles. The summed E-state index contributed by atoms with van der Waals surface area (Å²) >= 11 is 6.17. The first-order valence-electron chi connectivity index (χ1n) is 6.93. The number of hydrogen-bond acceptors (Lipinski definition) is 3. The topological polar surface area (TPSA) is 34.4 Å². The first-order valence-corrected chi connectivity index (χ1v) is 7.31. The van der Waals surface area contributed by atoms with Crippen LogP contribution in [0.1, 0.15) is 52.6 Å². The Hall–Kier alpha value is -0.510. The maximum atomic E-state index is 6.20. The molecule has 0 spiro atoms. The number of ether oxygens (including phenoxy) is 1. The Kier molecular flexibility index (Phi) is 4.01. The molecule has 1 fully saturated rings. The number of furan rings is 1. The van der Waals surface area contributed by atoms with Crippen LogP contribution in [0.2, 0.25) is 5.22 Å². The summed E-state index contributed by atoms with van der Waals surface area (Å²) in [6.45, 7) is 11.6. The van der Waals surface area contributed by atoms with Crippen LogP contribution in [0.3, 0.4) is 0 Å². The molecule has 2 heterocycles. The fraction of sp³-hybridized carbons (Fsp3) is 0.733. The van der Waals surface area contributed by atoms with E-state index >= 15 is 0 Å². The Balaban J connectivity index is 2.32. The van der Waals surface area contributed by atoms with Gasteiger partial charge >= 0.3 is 0 Å². The third-order valence-corrected chi connectivity index (χ3v) is 4.26. The molecule has 0 saturated carbocycles. The SMILES string of the molecule is CCNC(c1ccoc1Cl)C1CC(C)(C)OC1(C)C. The maximum Gasteiger partial charge on any atom is 0.197 e. The second-order valence-electron chi connectivity index (χ2n) is 6.46. The lowest BCUT2D eigenvalue weighted by Gasteiger charge is -2.33. The van der Waals surface area contributed by atoms with Gasteiger partial charge < -0.3 is 14.5 Å². The third-order valence-electron chi connectivity index (χ3n) is 3.95. The van der Waals surface area contributed by atoms with Crippen LogP contribution in [0.5, 0.6) is 0 Å². The van der Waals surface area contributed by atoms with E-state index in [1.807, 2.05) is 6.07 Å². The van der Waals surface area contributed by atoms with Crippen molar-refractivity contribution in [2.45, 2.75) is 58.3 Å². The van der Waals surface area contributed by atoms with Crippen molar-refractivity contribution in [3.05, 3.63) is 23.1 Å². The summed E-state index contributed by atoms with van der Waals surface area (Å²) in [5.41, 5.74) is 0.748. The van der Waals surface area contributed by atoms with Crippen LogP contribution in [-0.4, -0.2) is 17.7 Å². The van der Waals surface area contributed by atoms with Gasteiger partial charge in [0, 0.05) is 17.5 Å². The van der Waals surface area contributed by atoms with Crippen LogP contribution < -0.4 is 5.32 Å². The van der Waals surface area contributed by atoms with Crippen molar-refractivity contribution >= 4 is 11.6 Å². The van der Waals surface area contributed by atoms with Gasteiger partial charge in [-0.15, -0.1) is 0 Å². The minimum atomic E-state index is -0.184. The largest absolute Gasteiger partial charge is 0.453 e. The van der Waals surface area contributed by atoms with E-state index < -0.39 is 0 Å². The molecule has 2 atom stereocenters. The molecule has 3 nitrogen and oxygen atoms in total. The smallest absolute Gasteiger partial charge is 0.197 e. The fourth-order valence-corrected chi connectivity index (χ4v) is 3.57. The number of nitrogens with one attached hydrogen (secondary N) is 1. The Morgan fingerprint density at radius 1 is 1.42 bits per heavy atom. The standard InChI is InChI=1S/C15H24ClNO2/c1-6-17-12(10-7-8-18-13(10)16)11-9-14(2,3)19-15(11,4)5/h7-8,11-12,17H,6,9H2,1-5H3. The molecule has 1 aromatic rings. The third kappa shape index (κ3) is 2.99. The Labute approximate surface area is 120 Å². The number of hydrogen-bond donors (Lipinski definition) is 1. The van der Waals surface area contributed by atoms with Crippen molar-refractivity contribution in [1.29, 1.82) is 0 Å². The minimum Gasteiger partial charge on any atom is -0.453 e. The van der Waals surface area contributed by atoms with Gasteiger partial charge in [-0.25, -0.2) is 0 Å². The molecule has 0 bridgehead atoms. The highest BCUT2D eigenvalue weighted by molar-refractivity contribution is 6.29. The summed E-state index contributed by atoms with van der Waals surface area (Å²) in [7, 11) is 0. The van der Waals surface area contributed by atoms with E-state index in [1.165, 1.54) is 0 Å². The van der Waals surface area contributed by atoms with Crippen LogP contribution in [0.4, 0.5) is 0 Å². The van der Waals surface area contributed by atoms with Gasteiger partial charge in [-0.3, -0.25) is 0 Å². The second kappa shape index (κ2) is 5.12. The summed E-state index contributed by atoms with van der Waals surface area (Å²) in [6, 6.07) is 2.12. The molecule has 0 aromatic carbocycles. The quantitative estimate of drug-likeness (QED) is 0.901. The lowest BCUT2D eigenvalue weighted by Crippen LogP contribution is -2.38. The van der Waals surface area contributed by atoms with Crippen LogP contribution in [0.15, 0.2) is 16.7 Å². The lowest BCUT2D eigenvalue weighted by atomic mass is 9.79. The Morgan fingerprint density at radius 3 is 2.53 bits per heavy atom. The van der Waals surface area contributed by atoms with Gasteiger partial charge in [0.15, 0.2) is 5.22 Å². The van der Waals surface area contributed by atoms with E-state index in [0.717, 1.165) is 18.5 Å². The first kappa shape index (κ1) is 14.9. The van der Waals surface area contributed by atoms with Gasteiger partial charge in [0.25, 0.3) is 0 Å². The van der Waals surface area contributed by atoms with E-state index in [0.29, 0.717) is 11.1 Å². The van der Waals surface area contributed by atoms with Crippen LogP contribution in [0, 0.1) is 5.92 Å². The Morgan fingerprint density at radius 2 is 2.11 bits per heavy atom. The molecule has 19 heavy (non-hydrogen) atoms. The zero-order valence-electron chi connectivity index (χ0n) is 12.4. The van der Waals surface area contributed by atoms with Crippen molar-refractivity contribution in [3.63, 3.8) is 0 Å². The van der Waals surface area contributed by atoms with Crippen LogP contribution >= 0.6 is 11.6 Å². The molecule has 1 saturated heterocycles. The molecule has 0 radical (unpaired) electrons. The molecule has 1 aromatic heterocycles. The molecule has 2 rings (SSSR count). The van der Waals surface area contributed by atoms with Gasteiger partial charge in [0.2, 0.25) is 0 Å². The van der Waals surface area contributed by atoms with Crippen molar-refractivity contribution < 1.29 is 9.15 Å². The number of rotatable bonds is 4. The molecule has 1 aliphatic rings. The predicted octanol–water partition coefficient (Wildman–Crippen LogP) is 4.18. The second-order valence-corrected chi connectivity index (χ2v) is 6.80. The highest BCUT2D eigenvalue weighted by Crippen LogP contribution is 2.48. The first-order chi connectivity index (χ1) is 8.77. The van der Waals surface area contributed by atoms with E-state index in [-0.39, 0.29) is 17.2 Å². The summed E-state index contributed by atoms with van der Waals surface area (Å²) in [4.78, 5) is 0. The van der Waals surface area contributed by atoms with Crippen LogP contribution in [-0.2, 0) is 4.74 Å². The fourth-order valence-electron chi connectivity index (χ4n) is 3.34. The summed E-state index contributed by atoms with van der Waals surface area (Å²) in [6.07, 6.45) is 2.65. The van der Waals surface area contributed by atoms with Crippen molar-refractivity contribution in [3.8, 4) is 0 Å². The maximum absolute atomic E-state index is 6.20.